The minimum Gasteiger partial charge on any atom is -0.299 e. The van der Waals surface area contributed by atoms with Gasteiger partial charge in [0.15, 0.2) is 0 Å². The van der Waals surface area contributed by atoms with E-state index >= 15 is 0 Å². The highest BCUT2D eigenvalue weighted by molar-refractivity contribution is 5.80. The third kappa shape index (κ3) is 3.28. The Balaban J connectivity index is 3.46. The Labute approximate surface area is 57.5 Å². The quantitative estimate of drug-likeness (QED) is 0.566. The maximum absolute atomic E-state index is 10.9. The molecule has 1 atom stereocenters. The second kappa shape index (κ2) is 4.54. The van der Waals surface area contributed by atoms with Gasteiger partial charge >= 0.3 is 0 Å². The Morgan fingerprint density at radius 1 is 1.67 bits per heavy atom. The van der Waals surface area contributed by atoms with Crippen molar-refractivity contribution in [2.45, 2.75) is 33.1 Å². The van der Waals surface area contributed by atoms with Crippen LogP contribution in [0.3, 0.4) is 0 Å². The molecule has 0 aromatic heterocycles. The molecule has 1 heteroatoms. The molecule has 0 heterocycles. The standard InChI is InChI=1S/C8H15O/c1-4-6-8(9)7(3)5-2/h7H,2,4-6H2,1,3H3. The van der Waals surface area contributed by atoms with E-state index in [1.807, 2.05) is 13.8 Å². The summed E-state index contributed by atoms with van der Waals surface area (Å²) >= 11 is 0. The van der Waals surface area contributed by atoms with Crippen molar-refractivity contribution < 1.29 is 4.79 Å². The number of rotatable bonds is 4. The van der Waals surface area contributed by atoms with Crippen molar-refractivity contribution in [3.63, 3.8) is 0 Å². The average molecular weight is 127 g/mol. The number of ketones is 1. The predicted octanol–water partition coefficient (Wildman–Crippen LogP) is 2.22. The summed E-state index contributed by atoms with van der Waals surface area (Å²) in [5, 5.41) is 0. The molecular formula is C8H15O. The van der Waals surface area contributed by atoms with Crippen LogP contribution in [0.2, 0.25) is 0 Å². The average Bonchev–Trinajstić information content (AvgIpc) is 1.87. The van der Waals surface area contributed by atoms with Crippen LogP contribution in [0, 0.1) is 12.8 Å². The Kier molecular flexibility index (Phi) is 4.37. The summed E-state index contributed by atoms with van der Waals surface area (Å²) in [6.45, 7) is 7.63. The van der Waals surface area contributed by atoms with Crippen LogP contribution < -0.4 is 0 Å². The highest BCUT2D eigenvalue weighted by atomic mass is 16.1. The molecule has 0 bridgehead atoms. The van der Waals surface area contributed by atoms with Crippen LogP contribution >= 0.6 is 0 Å². The molecule has 53 valence electrons. The predicted molar refractivity (Wildman–Crippen MR) is 39.1 cm³/mol. The summed E-state index contributed by atoms with van der Waals surface area (Å²) in [6.07, 6.45) is 2.42. The van der Waals surface area contributed by atoms with Crippen molar-refractivity contribution in [2.75, 3.05) is 0 Å². The minimum atomic E-state index is 0.171. The van der Waals surface area contributed by atoms with Gasteiger partial charge in [-0.3, -0.25) is 4.79 Å². The van der Waals surface area contributed by atoms with Crippen LogP contribution in [0.4, 0.5) is 0 Å². The summed E-state index contributed by atoms with van der Waals surface area (Å²) < 4.78 is 0. The Morgan fingerprint density at radius 3 is 2.56 bits per heavy atom. The van der Waals surface area contributed by atoms with E-state index in [2.05, 4.69) is 6.92 Å². The molecule has 1 unspecified atom stereocenters. The maximum Gasteiger partial charge on any atom is 0.135 e. The van der Waals surface area contributed by atoms with Crippen molar-refractivity contribution in [1.82, 2.24) is 0 Å². The Hall–Kier alpha value is -0.330. The SMILES string of the molecule is [CH2]CC(C)C(=O)CCC. The Bertz CT molecular complexity index is 86.6. The van der Waals surface area contributed by atoms with E-state index in [0.717, 1.165) is 19.3 Å². The molecule has 0 saturated heterocycles. The molecule has 0 aliphatic carbocycles. The topological polar surface area (TPSA) is 17.1 Å². The number of Topliss-reactive ketones (excluding diaryl/α,β-unsaturated/α-hetero) is 1. The molecule has 1 radical (unpaired) electrons. The monoisotopic (exact) mass is 127 g/mol. The van der Waals surface area contributed by atoms with Crippen LogP contribution in [0.25, 0.3) is 0 Å². The Morgan fingerprint density at radius 2 is 2.22 bits per heavy atom. The van der Waals surface area contributed by atoms with E-state index in [0.29, 0.717) is 5.78 Å². The van der Waals surface area contributed by atoms with Gasteiger partial charge in [0, 0.05) is 12.3 Å². The van der Waals surface area contributed by atoms with E-state index < -0.39 is 0 Å². The van der Waals surface area contributed by atoms with Crippen LogP contribution in [-0.2, 0) is 4.79 Å². The lowest BCUT2D eigenvalue weighted by Crippen LogP contribution is -2.08. The van der Waals surface area contributed by atoms with E-state index in [9.17, 15) is 4.79 Å². The van der Waals surface area contributed by atoms with Gasteiger partial charge in [0.05, 0.1) is 0 Å². The number of hydrogen-bond donors (Lipinski definition) is 0. The lowest BCUT2D eigenvalue weighted by molar-refractivity contribution is -0.122. The van der Waals surface area contributed by atoms with Crippen molar-refractivity contribution in [1.29, 1.82) is 0 Å². The summed E-state index contributed by atoms with van der Waals surface area (Å²) in [5.41, 5.74) is 0. The molecular weight excluding hydrogens is 112 g/mol. The zero-order chi connectivity index (χ0) is 7.28. The molecule has 0 aromatic rings. The van der Waals surface area contributed by atoms with Gasteiger partial charge in [-0.05, 0) is 12.8 Å². The number of hydrogen-bond acceptors (Lipinski definition) is 1. The molecule has 0 saturated carbocycles. The van der Waals surface area contributed by atoms with E-state index in [4.69, 9.17) is 0 Å². The van der Waals surface area contributed by atoms with Crippen molar-refractivity contribution >= 4 is 5.78 Å². The van der Waals surface area contributed by atoms with Crippen LogP contribution in [0.1, 0.15) is 33.1 Å². The zero-order valence-electron chi connectivity index (χ0n) is 6.31. The third-order valence-corrected chi connectivity index (χ3v) is 1.48. The third-order valence-electron chi connectivity index (χ3n) is 1.48. The first-order chi connectivity index (χ1) is 4.22. The molecule has 0 amide bonds. The summed E-state index contributed by atoms with van der Waals surface area (Å²) in [6, 6.07) is 0. The summed E-state index contributed by atoms with van der Waals surface area (Å²) in [4.78, 5) is 10.9. The van der Waals surface area contributed by atoms with Crippen molar-refractivity contribution in [3.8, 4) is 0 Å². The second-order valence-corrected chi connectivity index (χ2v) is 2.41. The summed E-state index contributed by atoms with van der Waals surface area (Å²) in [7, 11) is 0. The van der Waals surface area contributed by atoms with Gasteiger partial charge in [0.1, 0.15) is 5.78 Å². The zero-order valence-corrected chi connectivity index (χ0v) is 6.31. The van der Waals surface area contributed by atoms with Gasteiger partial charge in [-0.2, -0.15) is 0 Å². The van der Waals surface area contributed by atoms with Crippen molar-refractivity contribution in [2.24, 2.45) is 5.92 Å². The van der Waals surface area contributed by atoms with Crippen LogP contribution in [0.5, 0.6) is 0 Å². The van der Waals surface area contributed by atoms with Gasteiger partial charge < -0.3 is 0 Å². The molecule has 0 rings (SSSR count). The number of carbonyl (C=O) groups excluding carboxylic acids is 1. The maximum atomic E-state index is 10.9. The molecule has 0 spiro atoms. The lowest BCUT2D eigenvalue weighted by atomic mass is 10.0. The fourth-order valence-electron chi connectivity index (χ4n) is 0.654. The van der Waals surface area contributed by atoms with Crippen molar-refractivity contribution in [3.05, 3.63) is 6.92 Å². The van der Waals surface area contributed by atoms with Gasteiger partial charge in [-0.25, -0.2) is 0 Å². The van der Waals surface area contributed by atoms with Crippen LogP contribution in [0.15, 0.2) is 0 Å². The molecule has 0 fully saturated rings. The highest BCUT2D eigenvalue weighted by Gasteiger charge is 2.07. The number of carbonyl (C=O) groups is 1. The van der Waals surface area contributed by atoms with E-state index in [-0.39, 0.29) is 5.92 Å². The van der Waals surface area contributed by atoms with Gasteiger partial charge in [-0.1, -0.05) is 20.8 Å². The van der Waals surface area contributed by atoms with E-state index in [1.165, 1.54) is 0 Å². The van der Waals surface area contributed by atoms with Crippen LogP contribution in [-0.4, -0.2) is 5.78 Å². The molecule has 0 aromatic carbocycles. The molecule has 0 N–H and O–H groups in total. The smallest absolute Gasteiger partial charge is 0.135 e. The second-order valence-electron chi connectivity index (χ2n) is 2.41. The van der Waals surface area contributed by atoms with Gasteiger partial charge in [0.25, 0.3) is 0 Å². The molecule has 0 aliphatic rings. The first-order valence-corrected chi connectivity index (χ1v) is 3.54. The fraction of sp³-hybridized carbons (Fsp3) is 0.750. The first kappa shape index (κ1) is 8.67. The van der Waals surface area contributed by atoms with Gasteiger partial charge in [0.2, 0.25) is 0 Å². The lowest BCUT2D eigenvalue weighted by Gasteiger charge is -2.03. The minimum absolute atomic E-state index is 0.171. The molecule has 1 nitrogen and oxygen atoms in total. The fourth-order valence-corrected chi connectivity index (χ4v) is 0.654. The largest absolute Gasteiger partial charge is 0.299 e. The van der Waals surface area contributed by atoms with E-state index in [1.54, 1.807) is 0 Å². The highest BCUT2D eigenvalue weighted by Crippen LogP contribution is 2.05. The molecule has 0 aliphatic heterocycles. The summed E-state index contributed by atoms with van der Waals surface area (Å²) in [5.74, 6) is 0.525. The first-order valence-electron chi connectivity index (χ1n) is 3.54. The van der Waals surface area contributed by atoms with Gasteiger partial charge in [-0.15, -0.1) is 0 Å². The molecule has 9 heavy (non-hydrogen) atoms. The normalized spacial score (nSPS) is 13.2.